The fourth-order valence-electron chi connectivity index (χ4n) is 0.794. The van der Waals surface area contributed by atoms with Gasteiger partial charge in [-0.3, -0.25) is 0 Å². The van der Waals surface area contributed by atoms with Crippen LogP contribution in [0, 0.1) is 5.82 Å². The molecule has 58 valence electrons. The van der Waals surface area contributed by atoms with Crippen LogP contribution >= 0.6 is 0 Å². The minimum absolute atomic E-state index is 0.270. The van der Waals surface area contributed by atoms with Crippen LogP contribution in [0.3, 0.4) is 0 Å². The highest BCUT2D eigenvalue weighted by atomic mass is 27.2. The molecule has 3 heteroatoms. The maximum Gasteiger partial charge on any atom is 0.540 e. The molecule has 0 bridgehead atoms. The van der Waals surface area contributed by atoms with E-state index < -0.39 is 14.5 Å². The molecule has 0 fully saturated rings. The molecule has 0 aliphatic heterocycles. The van der Waals surface area contributed by atoms with E-state index in [1.807, 2.05) is 11.6 Å². The Hall–Kier alpha value is -0.518. The molecule has 0 aliphatic carbocycles. The third-order valence-electron chi connectivity index (χ3n) is 1.20. The average molecular weight is 168 g/mol. The van der Waals surface area contributed by atoms with Crippen molar-refractivity contribution in [3.8, 4) is 5.75 Å². The van der Waals surface area contributed by atoms with Crippen LogP contribution < -0.4 is 3.79 Å². The van der Waals surface area contributed by atoms with Crippen molar-refractivity contribution in [2.75, 3.05) is 0 Å². The van der Waals surface area contributed by atoms with Gasteiger partial charge in [-0.25, -0.2) is 4.39 Å². The normalized spacial score (nSPS) is 9.36. The minimum atomic E-state index is -1.17. The van der Waals surface area contributed by atoms with Gasteiger partial charge >= 0.3 is 14.5 Å². The van der Waals surface area contributed by atoms with Crippen LogP contribution in [0.2, 0.25) is 11.6 Å². The van der Waals surface area contributed by atoms with Gasteiger partial charge in [0.15, 0.2) is 5.82 Å². The van der Waals surface area contributed by atoms with Gasteiger partial charge in [0.1, 0.15) is 5.75 Å². The Bertz CT molecular complexity index is 237. The van der Waals surface area contributed by atoms with Gasteiger partial charge in [-0.15, -0.1) is 0 Å². The molecule has 1 nitrogen and oxygen atoms in total. The van der Waals surface area contributed by atoms with E-state index in [0.29, 0.717) is 5.75 Å². The lowest BCUT2D eigenvalue weighted by Crippen LogP contribution is -2.11. The van der Waals surface area contributed by atoms with Crippen LogP contribution in [0.4, 0.5) is 4.39 Å². The van der Waals surface area contributed by atoms with Crippen LogP contribution in [0.15, 0.2) is 24.3 Å². The summed E-state index contributed by atoms with van der Waals surface area (Å²) in [6.45, 7) is 0. The van der Waals surface area contributed by atoms with Crippen molar-refractivity contribution in [2.45, 2.75) is 11.6 Å². The molecular formula is C8H10AlFO. The first-order chi connectivity index (χ1) is 5.20. The summed E-state index contributed by atoms with van der Waals surface area (Å²) in [7, 11) is 0. The molecule has 0 saturated heterocycles. The predicted octanol–water partition coefficient (Wildman–Crippen LogP) is 2.46. The molecular weight excluding hydrogens is 158 g/mol. The number of hydrogen-bond acceptors (Lipinski definition) is 1. The fraction of sp³-hybridized carbons (Fsp3) is 0.250. The van der Waals surface area contributed by atoms with Crippen molar-refractivity contribution in [3.05, 3.63) is 30.1 Å². The summed E-state index contributed by atoms with van der Waals surface area (Å²) < 4.78 is 18.2. The predicted molar refractivity (Wildman–Crippen MR) is 44.5 cm³/mol. The van der Waals surface area contributed by atoms with Crippen LogP contribution in [-0.2, 0) is 0 Å². The Morgan fingerprint density at radius 1 is 1.27 bits per heavy atom. The second kappa shape index (κ2) is 3.75. The summed E-state index contributed by atoms with van der Waals surface area (Å²) in [4.78, 5) is 0. The second-order valence-electron chi connectivity index (χ2n) is 2.60. The van der Waals surface area contributed by atoms with Crippen LogP contribution in [0.25, 0.3) is 0 Å². The quantitative estimate of drug-likeness (QED) is 0.616. The fourth-order valence-corrected chi connectivity index (χ4v) is 1.49. The number of para-hydroxylation sites is 1. The average Bonchev–Trinajstić information content (AvgIpc) is 1.93. The lowest BCUT2D eigenvalue weighted by Gasteiger charge is -2.07. The second-order valence-corrected chi connectivity index (χ2v) is 4.93. The minimum Gasteiger partial charge on any atom is -0.641 e. The summed E-state index contributed by atoms with van der Waals surface area (Å²) >= 11 is -1.17. The van der Waals surface area contributed by atoms with Crippen molar-refractivity contribution in [1.82, 2.24) is 0 Å². The molecule has 11 heavy (non-hydrogen) atoms. The summed E-state index contributed by atoms with van der Waals surface area (Å²) in [6.07, 6.45) is 0. The zero-order chi connectivity index (χ0) is 8.27. The summed E-state index contributed by atoms with van der Waals surface area (Å²) in [5.74, 6) is 4.13. The van der Waals surface area contributed by atoms with E-state index in [2.05, 4.69) is 0 Å². The standard InChI is InChI=1S/C6H5FO.2CH3.Al/c7-5-3-1-2-4-6(5)8;;;/h1-4,8H;2*1H3;/q;;;+1/p-1. The van der Waals surface area contributed by atoms with Gasteiger partial charge in [-0.05, 0) is 12.1 Å². The van der Waals surface area contributed by atoms with Crippen LogP contribution in [0.1, 0.15) is 0 Å². The van der Waals surface area contributed by atoms with E-state index in [4.69, 9.17) is 3.79 Å². The van der Waals surface area contributed by atoms with Gasteiger partial charge in [0.25, 0.3) is 0 Å². The lowest BCUT2D eigenvalue weighted by molar-refractivity contribution is 0.509. The van der Waals surface area contributed by atoms with Gasteiger partial charge in [0.2, 0.25) is 0 Å². The zero-order valence-electron chi connectivity index (χ0n) is 6.67. The molecule has 0 aromatic heterocycles. The van der Waals surface area contributed by atoms with Crippen LogP contribution in [0.5, 0.6) is 5.75 Å². The van der Waals surface area contributed by atoms with Crippen LogP contribution in [-0.4, -0.2) is 14.5 Å². The highest BCUT2D eigenvalue weighted by Gasteiger charge is 2.09. The van der Waals surface area contributed by atoms with E-state index >= 15 is 0 Å². The summed E-state index contributed by atoms with van der Waals surface area (Å²) in [6, 6.07) is 6.49. The number of benzene rings is 1. The van der Waals surface area contributed by atoms with E-state index in [1.165, 1.54) is 6.07 Å². The first-order valence-corrected chi connectivity index (χ1v) is 6.39. The van der Waals surface area contributed by atoms with E-state index in [1.54, 1.807) is 18.2 Å². The summed E-state index contributed by atoms with van der Waals surface area (Å²) in [5, 5.41) is 0. The maximum absolute atomic E-state index is 12.8. The van der Waals surface area contributed by atoms with Crippen molar-refractivity contribution in [1.29, 1.82) is 0 Å². The number of rotatable bonds is 2. The highest BCUT2D eigenvalue weighted by Crippen LogP contribution is 2.15. The molecule has 0 unspecified atom stereocenters. The van der Waals surface area contributed by atoms with Crippen molar-refractivity contribution in [2.24, 2.45) is 0 Å². The van der Waals surface area contributed by atoms with Gasteiger partial charge in [-0.2, -0.15) is 0 Å². The molecule has 1 aromatic carbocycles. The van der Waals surface area contributed by atoms with Gasteiger partial charge in [0, 0.05) is 0 Å². The first kappa shape index (κ1) is 8.58. The highest BCUT2D eigenvalue weighted by molar-refractivity contribution is 6.49. The zero-order valence-corrected chi connectivity index (χ0v) is 7.83. The Morgan fingerprint density at radius 2 is 1.91 bits per heavy atom. The topological polar surface area (TPSA) is 9.23 Å². The molecule has 0 heterocycles. The number of hydrogen-bond donors (Lipinski definition) is 0. The first-order valence-electron chi connectivity index (χ1n) is 3.61. The molecule has 0 amide bonds. The smallest absolute Gasteiger partial charge is 0.540 e. The maximum atomic E-state index is 12.8. The summed E-state index contributed by atoms with van der Waals surface area (Å²) in [5.41, 5.74) is 0. The molecule has 0 N–H and O–H groups in total. The molecule has 0 spiro atoms. The third-order valence-corrected chi connectivity index (χ3v) is 1.92. The Balaban J connectivity index is 2.78. The molecule has 0 radical (unpaired) electrons. The van der Waals surface area contributed by atoms with Crippen molar-refractivity contribution in [3.63, 3.8) is 0 Å². The Morgan fingerprint density at radius 3 is 2.45 bits per heavy atom. The van der Waals surface area contributed by atoms with E-state index in [-0.39, 0.29) is 5.82 Å². The third kappa shape index (κ3) is 2.53. The van der Waals surface area contributed by atoms with E-state index in [9.17, 15) is 4.39 Å². The molecule has 0 saturated carbocycles. The van der Waals surface area contributed by atoms with Crippen molar-refractivity contribution < 1.29 is 8.18 Å². The molecule has 1 aromatic rings. The SMILES string of the molecule is [CH3][Al]([CH3])[O]c1ccccc1F. The van der Waals surface area contributed by atoms with Gasteiger partial charge in [-0.1, -0.05) is 23.7 Å². The monoisotopic (exact) mass is 168 g/mol. The van der Waals surface area contributed by atoms with E-state index in [0.717, 1.165) is 0 Å². The van der Waals surface area contributed by atoms with Crippen molar-refractivity contribution >= 4 is 14.5 Å². The largest absolute Gasteiger partial charge is 0.641 e. The Labute approximate surface area is 70.5 Å². The molecule has 0 atom stereocenters. The molecule has 1 rings (SSSR count). The Kier molecular flexibility index (Phi) is 2.93. The number of halogens is 1. The van der Waals surface area contributed by atoms with Gasteiger partial charge in [0.05, 0.1) is 0 Å². The molecule has 0 aliphatic rings. The van der Waals surface area contributed by atoms with Gasteiger partial charge < -0.3 is 3.79 Å². The lowest BCUT2D eigenvalue weighted by atomic mass is 10.3.